The number of anilines is 1. The van der Waals surface area contributed by atoms with Crippen LogP contribution in [0, 0.1) is 5.82 Å². The van der Waals surface area contributed by atoms with Crippen LogP contribution in [0.15, 0.2) is 18.2 Å². The third kappa shape index (κ3) is 2.90. The van der Waals surface area contributed by atoms with Gasteiger partial charge in [-0.2, -0.15) is 0 Å². The van der Waals surface area contributed by atoms with Crippen molar-refractivity contribution in [2.45, 2.75) is 32.4 Å². The Hall–Kier alpha value is -0.800. The Kier molecular flexibility index (Phi) is 3.89. The lowest BCUT2D eigenvalue weighted by molar-refractivity contribution is 0.584. The van der Waals surface area contributed by atoms with E-state index in [9.17, 15) is 4.39 Å². The van der Waals surface area contributed by atoms with E-state index in [2.05, 4.69) is 24.1 Å². The average Bonchev–Trinajstić information content (AvgIpc) is 2.45. The summed E-state index contributed by atoms with van der Waals surface area (Å²) in [5.74, 6) is -0.357. The van der Waals surface area contributed by atoms with E-state index in [1.54, 1.807) is 12.1 Å². The summed E-state index contributed by atoms with van der Waals surface area (Å²) >= 11 is 5.84. The number of hydrogen-bond acceptors (Lipinski definition) is 2. The maximum Gasteiger partial charge on any atom is 0.141 e. The van der Waals surface area contributed by atoms with Crippen LogP contribution in [-0.4, -0.2) is 25.2 Å². The lowest BCUT2D eigenvalue weighted by Crippen LogP contribution is -2.38. The predicted octanol–water partition coefficient (Wildman–Crippen LogP) is 3.06. The highest BCUT2D eigenvalue weighted by Gasteiger charge is 2.21. The molecule has 1 N–H and O–H groups in total. The maximum atomic E-state index is 13.2. The lowest BCUT2D eigenvalue weighted by Gasteiger charge is -2.30. The van der Waals surface area contributed by atoms with E-state index in [1.165, 1.54) is 6.07 Å². The van der Waals surface area contributed by atoms with Gasteiger partial charge in [0.25, 0.3) is 0 Å². The molecule has 2 rings (SSSR count). The number of hydrogen-bond donors (Lipinski definition) is 1. The SMILES string of the molecule is CC1CN(c2ccc(F)c(Cl)c2)C(C)CCN1. The molecule has 0 aromatic heterocycles. The molecule has 17 heavy (non-hydrogen) atoms. The molecule has 1 fully saturated rings. The van der Waals surface area contributed by atoms with E-state index >= 15 is 0 Å². The van der Waals surface area contributed by atoms with Gasteiger partial charge in [-0.25, -0.2) is 4.39 Å². The Morgan fingerprint density at radius 3 is 2.88 bits per heavy atom. The lowest BCUT2D eigenvalue weighted by atomic mass is 10.1. The Morgan fingerprint density at radius 2 is 2.18 bits per heavy atom. The van der Waals surface area contributed by atoms with Crippen LogP contribution in [0.1, 0.15) is 20.3 Å². The van der Waals surface area contributed by atoms with Gasteiger partial charge in [0.15, 0.2) is 0 Å². The van der Waals surface area contributed by atoms with Crippen molar-refractivity contribution in [3.63, 3.8) is 0 Å². The zero-order valence-electron chi connectivity index (χ0n) is 10.2. The molecule has 1 aliphatic rings. The van der Waals surface area contributed by atoms with Crippen LogP contribution in [0.2, 0.25) is 5.02 Å². The molecule has 0 radical (unpaired) electrons. The molecule has 2 atom stereocenters. The second kappa shape index (κ2) is 5.23. The molecule has 0 saturated carbocycles. The minimum Gasteiger partial charge on any atom is -0.367 e. The number of nitrogens with zero attached hydrogens (tertiary/aromatic N) is 1. The van der Waals surface area contributed by atoms with Gasteiger partial charge in [0.05, 0.1) is 5.02 Å². The van der Waals surface area contributed by atoms with E-state index in [0.717, 1.165) is 25.2 Å². The first kappa shape index (κ1) is 12.7. The summed E-state index contributed by atoms with van der Waals surface area (Å²) in [6, 6.07) is 5.83. The molecule has 1 saturated heterocycles. The molecule has 0 bridgehead atoms. The largest absolute Gasteiger partial charge is 0.367 e. The zero-order chi connectivity index (χ0) is 12.4. The second-order valence-corrected chi connectivity index (χ2v) is 5.15. The van der Waals surface area contributed by atoms with Crippen LogP contribution in [0.25, 0.3) is 0 Å². The van der Waals surface area contributed by atoms with E-state index in [4.69, 9.17) is 11.6 Å². The van der Waals surface area contributed by atoms with Crippen LogP contribution < -0.4 is 10.2 Å². The van der Waals surface area contributed by atoms with Gasteiger partial charge >= 0.3 is 0 Å². The highest BCUT2D eigenvalue weighted by atomic mass is 35.5. The molecule has 0 amide bonds. The van der Waals surface area contributed by atoms with Gasteiger partial charge in [-0.1, -0.05) is 11.6 Å². The molecule has 1 aromatic carbocycles. The molecule has 1 heterocycles. The van der Waals surface area contributed by atoms with Crippen molar-refractivity contribution in [3.8, 4) is 0 Å². The summed E-state index contributed by atoms with van der Waals surface area (Å²) in [5, 5.41) is 3.65. The summed E-state index contributed by atoms with van der Waals surface area (Å²) in [7, 11) is 0. The van der Waals surface area contributed by atoms with Crippen molar-refractivity contribution in [1.82, 2.24) is 5.32 Å². The van der Waals surface area contributed by atoms with Crippen LogP contribution in [-0.2, 0) is 0 Å². The standard InChI is InChI=1S/C13H18ClFN2/c1-9-8-17(10(2)5-6-16-9)11-3-4-13(15)12(14)7-11/h3-4,7,9-10,16H,5-6,8H2,1-2H3. The van der Waals surface area contributed by atoms with Crippen molar-refractivity contribution in [3.05, 3.63) is 29.0 Å². The van der Waals surface area contributed by atoms with Gasteiger partial charge < -0.3 is 10.2 Å². The van der Waals surface area contributed by atoms with Gasteiger partial charge in [-0.05, 0) is 45.0 Å². The Morgan fingerprint density at radius 1 is 1.41 bits per heavy atom. The Bertz CT molecular complexity index is 397. The van der Waals surface area contributed by atoms with Crippen LogP contribution in [0.3, 0.4) is 0 Å². The molecular formula is C13H18ClFN2. The van der Waals surface area contributed by atoms with Crippen molar-refractivity contribution in [2.24, 2.45) is 0 Å². The average molecular weight is 257 g/mol. The van der Waals surface area contributed by atoms with Crippen molar-refractivity contribution in [2.75, 3.05) is 18.0 Å². The summed E-state index contributed by atoms with van der Waals surface area (Å²) < 4.78 is 13.2. The van der Waals surface area contributed by atoms with E-state index in [0.29, 0.717) is 12.1 Å². The van der Waals surface area contributed by atoms with Crippen molar-refractivity contribution in [1.29, 1.82) is 0 Å². The molecule has 4 heteroatoms. The van der Waals surface area contributed by atoms with Crippen LogP contribution in [0.4, 0.5) is 10.1 Å². The molecule has 1 aromatic rings. The van der Waals surface area contributed by atoms with Gasteiger partial charge in [0.1, 0.15) is 5.82 Å². The summed E-state index contributed by atoms with van der Waals surface area (Å²) in [6.45, 7) is 6.30. The molecular weight excluding hydrogens is 239 g/mol. The normalized spacial score (nSPS) is 25.8. The summed E-state index contributed by atoms with van der Waals surface area (Å²) in [4.78, 5) is 2.29. The number of rotatable bonds is 1. The fourth-order valence-electron chi connectivity index (χ4n) is 2.26. The Labute approximate surface area is 107 Å². The smallest absolute Gasteiger partial charge is 0.141 e. The molecule has 1 aliphatic heterocycles. The van der Waals surface area contributed by atoms with E-state index in [1.807, 2.05) is 0 Å². The summed E-state index contributed by atoms with van der Waals surface area (Å²) in [6.07, 6.45) is 1.08. The topological polar surface area (TPSA) is 15.3 Å². The fourth-order valence-corrected chi connectivity index (χ4v) is 2.43. The van der Waals surface area contributed by atoms with Crippen LogP contribution >= 0.6 is 11.6 Å². The molecule has 0 aliphatic carbocycles. The third-order valence-corrected chi connectivity index (χ3v) is 3.58. The minimum absolute atomic E-state index is 0.194. The monoisotopic (exact) mass is 256 g/mol. The van der Waals surface area contributed by atoms with Crippen LogP contribution in [0.5, 0.6) is 0 Å². The first-order valence-electron chi connectivity index (χ1n) is 6.03. The fraction of sp³-hybridized carbons (Fsp3) is 0.538. The highest BCUT2D eigenvalue weighted by molar-refractivity contribution is 6.31. The molecule has 0 spiro atoms. The quantitative estimate of drug-likeness (QED) is 0.831. The summed E-state index contributed by atoms with van der Waals surface area (Å²) in [5.41, 5.74) is 0.999. The van der Waals surface area contributed by atoms with Crippen molar-refractivity contribution >= 4 is 17.3 Å². The van der Waals surface area contributed by atoms with Gasteiger partial charge in [-0.3, -0.25) is 0 Å². The Balaban J connectivity index is 2.26. The zero-order valence-corrected chi connectivity index (χ0v) is 11.0. The minimum atomic E-state index is -0.357. The van der Waals surface area contributed by atoms with Gasteiger partial charge in [-0.15, -0.1) is 0 Å². The molecule has 2 nitrogen and oxygen atoms in total. The third-order valence-electron chi connectivity index (χ3n) is 3.29. The molecule has 94 valence electrons. The van der Waals surface area contributed by atoms with Crippen molar-refractivity contribution < 1.29 is 4.39 Å². The maximum absolute atomic E-state index is 13.2. The first-order chi connectivity index (χ1) is 8.08. The van der Waals surface area contributed by atoms with E-state index < -0.39 is 0 Å². The predicted molar refractivity (Wildman–Crippen MR) is 70.3 cm³/mol. The number of benzene rings is 1. The van der Waals surface area contributed by atoms with Gasteiger partial charge in [0, 0.05) is 24.3 Å². The highest BCUT2D eigenvalue weighted by Crippen LogP contribution is 2.25. The van der Waals surface area contributed by atoms with E-state index in [-0.39, 0.29) is 10.8 Å². The number of halogens is 2. The van der Waals surface area contributed by atoms with Gasteiger partial charge in [0.2, 0.25) is 0 Å². The number of nitrogens with one attached hydrogen (secondary N) is 1. The molecule has 2 unspecified atom stereocenters. The second-order valence-electron chi connectivity index (χ2n) is 4.74. The first-order valence-corrected chi connectivity index (χ1v) is 6.41.